The third kappa shape index (κ3) is 3.62. The molecule has 1 aromatic carbocycles. The van der Waals surface area contributed by atoms with Gasteiger partial charge in [-0.3, -0.25) is 14.7 Å². The van der Waals surface area contributed by atoms with Crippen LogP contribution in [0.15, 0.2) is 48.8 Å². The lowest BCUT2D eigenvalue weighted by Gasteiger charge is -2.26. The Morgan fingerprint density at radius 3 is 2.68 bits per heavy atom. The number of amides is 1. The van der Waals surface area contributed by atoms with E-state index < -0.39 is 0 Å². The third-order valence-electron chi connectivity index (χ3n) is 3.56. The van der Waals surface area contributed by atoms with Gasteiger partial charge in [-0.25, -0.2) is 0 Å². The number of rotatable bonds is 6. The van der Waals surface area contributed by atoms with Gasteiger partial charge in [0.05, 0.1) is 13.3 Å². The number of aromatic nitrogens is 1. The second-order valence-corrected chi connectivity index (χ2v) is 4.95. The van der Waals surface area contributed by atoms with Gasteiger partial charge in [-0.15, -0.1) is 0 Å². The van der Waals surface area contributed by atoms with Gasteiger partial charge in [0, 0.05) is 12.3 Å². The molecule has 116 valence electrons. The zero-order valence-corrected chi connectivity index (χ0v) is 13.1. The lowest BCUT2D eigenvalue weighted by Crippen LogP contribution is -2.34. The molecule has 0 unspecified atom stereocenters. The molecule has 0 saturated heterocycles. The molecule has 0 aliphatic carbocycles. The van der Waals surface area contributed by atoms with Gasteiger partial charge in [0.2, 0.25) is 5.91 Å². The summed E-state index contributed by atoms with van der Waals surface area (Å²) in [7, 11) is 3.50. The van der Waals surface area contributed by atoms with Crippen LogP contribution in [0.2, 0.25) is 0 Å². The van der Waals surface area contributed by atoms with Crippen LogP contribution in [0.1, 0.15) is 18.5 Å². The maximum Gasteiger partial charge on any atom is 0.246 e. The maximum atomic E-state index is 12.7. The van der Waals surface area contributed by atoms with Crippen LogP contribution in [-0.2, 0) is 4.79 Å². The molecule has 0 aliphatic rings. The minimum absolute atomic E-state index is 0.109. The molecule has 0 saturated carbocycles. The van der Waals surface area contributed by atoms with Crippen molar-refractivity contribution in [1.82, 2.24) is 9.88 Å². The van der Waals surface area contributed by atoms with Gasteiger partial charge in [0.25, 0.3) is 0 Å². The summed E-state index contributed by atoms with van der Waals surface area (Å²) in [6.07, 6.45) is 3.21. The third-order valence-corrected chi connectivity index (χ3v) is 3.56. The monoisotopic (exact) mass is 299 g/mol. The Balaban J connectivity index is 2.26. The number of nitrogens with one attached hydrogen (secondary N) is 1. The fourth-order valence-corrected chi connectivity index (χ4v) is 2.28. The fraction of sp³-hybridized carbons (Fsp3) is 0.294. The summed E-state index contributed by atoms with van der Waals surface area (Å²) in [5.41, 5.74) is 1.52. The van der Waals surface area contributed by atoms with Crippen molar-refractivity contribution in [3.8, 4) is 5.75 Å². The van der Waals surface area contributed by atoms with Crippen LogP contribution in [0, 0.1) is 0 Å². The van der Waals surface area contributed by atoms with Crippen LogP contribution in [0.4, 0.5) is 5.69 Å². The van der Waals surface area contributed by atoms with Crippen molar-refractivity contribution < 1.29 is 9.53 Å². The Bertz CT molecular complexity index is 616. The van der Waals surface area contributed by atoms with Crippen molar-refractivity contribution in [2.24, 2.45) is 0 Å². The number of ether oxygens (including phenoxy) is 1. The number of carbonyl (C=O) groups is 1. The molecule has 1 aromatic heterocycles. The Labute approximate surface area is 130 Å². The molecule has 22 heavy (non-hydrogen) atoms. The summed E-state index contributed by atoms with van der Waals surface area (Å²) < 4.78 is 5.25. The van der Waals surface area contributed by atoms with Gasteiger partial charge in [-0.2, -0.15) is 0 Å². The summed E-state index contributed by atoms with van der Waals surface area (Å²) in [4.78, 5) is 18.8. The first kappa shape index (κ1) is 16.0. The van der Waals surface area contributed by atoms with E-state index in [4.69, 9.17) is 4.74 Å². The summed E-state index contributed by atoms with van der Waals surface area (Å²) in [5, 5.41) is 2.91. The van der Waals surface area contributed by atoms with Crippen LogP contribution >= 0.6 is 0 Å². The number of nitrogens with zero attached hydrogens (tertiary/aromatic N) is 2. The maximum absolute atomic E-state index is 12.7. The Morgan fingerprint density at radius 2 is 2.05 bits per heavy atom. The van der Waals surface area contributed by atoms with Crippen molar-refractivity contribution in [2.45, 2.75) is 13.0 Å². The second kappa shape index (κ2) is 7.56. The number of hydrogen-bond acceptors (Lipinski definition) is 4. The molecule has 5 nitrogen and oxygen atoms in total. The molecular formula is C17H21N3O2. The predicted molar refractivity (Wildman–Crippen MR) is 86.9 cm³/mol. The van der Waals surface area contributed by atoms with Crippen LogP contribution in [0.25, 0.3) is 0 Å². The zero-order chi connectivity index (χ0) is 15.9. The van der Waals surface area contributed by atoms with E-state index in [2.05, 4.69) is 10.3 Å². The largest absolute Gasteiger partial charge is 0.494 e. The molecule has 2 rings (SSSR count). The van der Waals surface area contributed by atoms with E-state index in [9.17, 15) is 4.79 Å². The molecule has 0 radical (unpaired) electrons. The van der Waals surface area contributed by atoms with Crippen LogP contribution in [0.3, 0.4) is 0 Å². The van der Waals surface area contributed by atoms with Gasteiger partial charge >= 0.3 is 0 Å². The minimum atomic E-state index is -0.365. The van der Waals surface area contributed by atoms with Crippen molar-refractivity contribution in [3.05, 3.63) is 54.4 Å². The quantitative estimate of drug-likeness (QED) is 0.891. The number of anilines is 1. The highest BCUT2D eigenvalue weighted by Crippen LogP contribution is 2.25. The van der Waals surface area contributed by atoms with Crippen molar-refractivity contribution in [2.75, 3.05) is 26.0 Å². The molecule has 1 amide bonds. The Kier molecular flexibility index (Phi) is 5.49. The average molecular weight is 299 g/mol. The van der Waals surface area contributed by atoms with Gasteiger partial charge in [-0.05, 0) is 19.2 Å². The molecule has 0 aliphatic heterocycles. The molecule has 0 fully saturated rings. The van der Waals surface area contributed by atoms with E-state index in [0.29, 0.717) is 11.4 Å². The van der Waals surface area contributed by atoms with Crippen LogP contribution in [-0.4, -0.2) is 36.5 Å². The number of carbonyl (C=O) groups excluding carboxylic acids is 1. The molecule has 0 bridgehead atoms. The first-order valence-electron chi connectivity index (χ1n) is 7.21. The normalized spacial score (nSPS) is 12.0. The van der Waals surface area contributed by atoms with E-state index in [0.717, 1.165) is 12.1 Å². The number of methoxy groups -OCH3 is 1. The molecule has 5 heteroatoms. The number of likely N-dealkylation sites (N-methyl/N-ethyl adjacent to an activating group) is 1. The summed E-state index contributed by atoms with van der Waals surface area (Å²) >= 11 is 0. The summed E-state index contributed by atoms with van der Waals surface area (Å²) in [6.45, 7) is 2.78. The van der Waals surface area contributed by atoms with Gasteiger partial charge < -0.3 is 10.1 Å². The van der Waals surface area contributed by atoms with Crippen molar-refractivity contribution in [3.63, 3.8) is 0 Å². The molecule has 1 N–H and O–H groups in total. The second-order valence-electron chi connectivity index (χ2n) is 4.95. The molecule has 0 spiro atoms. The molecule has 2 aromatic rings. The number of hydrogen-bond donors (Lipinski definition) is 1. The first-order chi connectivity index (χ1) is 10.7. The molecule has 1 heterocycles. The van der Waals surface area contributed by atoms with Crippen LogP contribution in [0.5, 0.6) is 5.75 Å². The summed E-state index contributed by atoms with van der Waals surface area (Å²) in [5.74, 6) is 0.483. The van der Waals surface area contributed by atoms with Crippen LogP contribution < -0.4 is 10.1 Å². The minimum Gasteiger partial charge on any atom is -0.494 e. The van der Waals surface area contributed by atoms with Gasteiger partial charge in [0.1, 0.15) is 17.5 Å². The number of benzene rings is 1. The zero-order valence-electron chi connectivity index (χ0n) is 13.1. The SMILES string of the molecule is CCN(C)[C@@H](C(=O)Nc1cnccc1OC)c1ccccc1. The van der Waals surface area contributed by atoms with Gasteiger partial charge in [-0.1, -0.05) is 37.3 Å². The van der Waals surface area contributed by atoms with E-state index in [1.165, 1.54) is 0 Å². The molecule has 1 atom stereocenters. The fourth-order valence-electron chi connectivity index (χ4n) is 2.28. The van der Waals surface area contributed by atoms with E-state index in [1.807, 2.05) is 49.2 Å². The topological polar surface area (TPSA) is 54.5 Å². The first-order valence-corrected chi connectivity index (χ1v) is 7.21. The number of pyridine rings is 1. The lowest BCUT2D eigenvalue weighted by atomic mass is 10.0. The highest BCUT2D eigenvalue weighted by Gasteiger charge is 2.24. The lowest BCUT2D eigenvalue weighted by molar-refractivity contribution is -0.121. The van der Waals surface area contributed by atoms with E-state index in [1.54, 1.807) is 25.6 Å². The predicted octanol–water partition coefficient (Wildman–Crippen LogP) is 2.72. The summed E-state index contributed by atoms with van der Waals surface area (Å²) in [6, 6.07) is 11.1. The Morgan fingerprint density at radius 1 is 1.32 bits per heavy atom. The average Bonchev–Trinajstić information content (AvgIpc) is 2.56. The van der Waals surface area contributed by atoms with Gasteiger partial charge in [0.15, 0.2) is 0 Å². The van der Waals surface area contributed by atoms with E-state index >= 15 is 0 Å². The highest BCUT2D eigenvalue weighted by molar-refractivity contribution is 5.96. The molecular weight excluding hydrogens is 278 g/mol. The highest BCUT2D eigenvalue weighted by atomic mass is 16.5. The van der Waals surface area contributed by atoms with Crippen molar-refractivity contribution in [1.29, 1.82) is 0 Å². The Hall–Kier alpha value is -2.40. The van der Waals surface area contributed by atoms with Crippen molar-refractivity contribution >= 4 is 11.6 Å². The van der Waals surface area contributed by atoms with E-state index in [-0.39, 0.29) is 11.9 Å². The standard InChI is InChI=1S/C17H21N3O2/c1-4-20(2)16(13-8-6-5-7-9-13)17(21)19-14-12-18-11-10-15(14)22-3/h5-12,16H,4H2,1-3H3,(H,19,21)/t16-/m1/s1. The smallest absolute Gasteiger partial charge is 0.246 e.